The number of hydrogen-bond acceptors (Lipinski definition) is 2. The fourth-order valence-corrected chi connectivity index (χ4v) is 3.61. The van der Waals surface area contributed by atoms with Crippen LogP contribution in [0.5, 0.6) is 0 Å². The van der Waals surface area contributed by atoms with E-state index in [9.17, 15) is 0 Å². The maximum Gasteiger partial charge on any atom is 0.189 e. The number of nitrogens with one attached hydrogen (secondary N) is 1. The van der Waals surface area contributed by atoms with Crippen LogP contribution in [0, 0.1) is 0 Å². The molecule has 6 heteroatoms. The molecule has 0 radical (unpaired) electrons. The van der Waals surface area contributed by atoms with Gasteiger partial charge >= 0.3 is 0 Å². The van der Waals surface area contributed by atoms with Crippen molar-refractivity contribution in [2.45, 2.75) is 12.5 Å². The van der Waals surface area contributed by atoms with Crippen LogP contribution in [0.2, 0.25) is 0 Å². The molecule has 0 aliphatic carbocycles. The predicted octanol–water partition coefficient (Wildman–Crippen LogP) is 4.87. The van der Waals surface area contributed by atoms with Gasteiger partial charge in [-0.1, -0.05) is 56.1 Å². The first-order chi connectivity index (χ1) is 11.1. The summed E-state index contributed by atoms with van der Waals surface area (Å²) in [6.07, 6.45) is 0.814. The predicted molar refractivity (Wildman–Crippen MR) is 106 cm³/mol. The van der Waals surface area contributed by atoms with Gasteiger partial charge in [0.15, 0.2) is 5.11 Å². The largest absolute Gasteiger partial charge is 0.364 e. The van der Waals surface area contributed by atoms with E-state index >= 15 is 0 Å². The minimum absolute atomic E-state index is 0.0985. The molecule has 3 nitrogen and oxygen atoms in total. The van der Waals surface area contributed by atoms with Gasteiger partial charge < -0.3 is 5.32 Å². The summed E-state index contributed by atoms with van der Waals surface area (Å²) in [6, 6.07) is 16.6. The van der Waals surface area contributed by atoms with Crippen molar-refractivity contribution >= 4 is 54.9 Å². The van der Waals surface area contributed by atoms with E-state index < -0.39 is 0 Å². The number of hydrogen-bond donors (Lipinski definition) is 1. The second kappa shape index (κ2) is 7.11. The summed E-state index contributed by atoms with van der Waals surface area (Å²) in [6.45, 7) is 0. The highest BCUT2D eigenvalue weighted by Gasteiger charge is 2.31. The van der Waals surface area contributed by atoms with Crippen molar-refractivity contribution in [1.29, 1.82) is 0 Å². The van der Waals surface area contributed by atoms with E-state index in [1.165, 1.54) is 5.56 Å². The number of halogens is 2. The van der Waals surface area contributed by atoms with E-state index in [0.717, 1.165) is 26.6 Å². The highest BCUT2D eigenvalue weighted by Crippen LogP contribution is 2.34. The van der Waals surface area contributed by atoms with E-state index in [2.05, 4.69) is 61.4 Å². The molecule has 23 heavy (non-hydrogen) atoms. The fourth-order valence-electron chi connectivity index (χ4n) is 2.63. The van der Waals surface area contributed by atoms with E-state index in [4.69, 9.17) is 17.3 Å². The summed E-state index contributed by atoms with van der Waals surface area (Å²) in [5.74, 6) is 0. The average molecular weight is 453 g/mol. The monoisotopic (exact) mass is 451 g/mol. The van der Waals surface area contributed by atoms with Gasteiger partial charge in [-0.3, -0.25) is 0 Å². The maximum absolute atomic E-state index is 5.44. The molecule has 2 aromatic carbocycles. The van der Waals surface area contributed by atoms with Gasteiger partial charge in [0.05, 0.1) is 11.8 Å². The van der Waals surface area contributed by atoms with Crippen molar-refractivity contribution in [3.05, 3.63) is 68.6 Å². The lowest BCUT2D eigenvalue weighted by atomic mass is 9.99. The molecular formula is C17H15Br2N3S. The van der Waals surface area contributed by atoms with Crippen molar-refractivity contribution in [1.82, 2.24) is 10.3 Å². The summed E-state index contributed by atoms with van der Waals surface area (Å²) in [5, 5.41) is 10.3. The molecule has 0 bridgehead atoms. The molecule has 0 aromatic heterocycles. The summed E-state index contributed by atoms with van der Waals surface area (Å²) in [7, 11) is 1.83. The Kier molecular flexibility index (Phi) is 5.14. The minimum Gasteiger partial charge on any atom is -0.364 e. The van der Waals surface area contributed by atoms with Gasteiger partial charge in [-0.05, 0) is 47.6 Å². The number of benzene rings is 2. The average Bonchev–Trinajstić information content (AvgIpc) is 2.99. The van der Waals surface area contributed by atoms with Gasteiger partial charge in [0.2, 0.25) is 0 Å². The molecule has 1 heterocycles. The Labute approximate surface area is 158 Å². The van der Waals surface area contributed by atoms with Crippen LogP contribution in [0.25, 0.3) is 0 Å². The summed E-state index contributed by atoms with van der Waals surface area (Å²) >= 11 is 12.5. The topological polar surface area (TPSA) is 27.6 Å². The Hall–Kier alpha value is -1.24. The molecule has 1 N–H and O–H groups in total. The Morgan fingerprint density at radius 3 is 2.52 bits per heavy atom. The molecule has 3 rings (SSSR count). The van der Waals surface area contributed by atoms with Crippen molar-refractivity contribution < 1.29 is 0 Å². The van der Waals surface area contributed by atoms with Crippen molar-refractivity contribution in [3.8, 4) is 0 Å². The van der Waals surface area contributed by atoms with Crippen LogP contribution >= 0.6 is 44.1 Å². The molecule has 1 aliphatic heterocycles. The third kappa shape index (κ3) is 3.65. The van der Waals surface area contributed by atoms with Crippen LogP contribution < -0.4 is 5.32 Å². The number of thiocarbonyl (C=S) groups is 1. The molecule has 0 spiro atoms. The van der Waals surface area contributed by atoms with Crippen LogP contribution in [0.3, 0.4) is 0 Å². The molecule has 118 valence electrons. The minimum atomic E-state index is 0.0985. The van der Waals surface area contributed by atoms with E-state index in [0.29, 0.717) is 5.11 Å². The van der Waals surface area contributed by atoms with Crippen molar-refractivity contribution in [2.75, 3.05) is 7.05 Å². The first-order valence-corrected chi connectivity index (χ1v) is 9.17. The van der Waals surface area contributed by atoms with Crippen LogP contribution in [0.15, 0.2) is 62.6 Å². The van der Waals surface area contributed by atoms with Gasteiger partial charge in [0.1, 0.15) is 0 Å². The lowest BCUT2D eigenvalue weighted by Gasteiger charge is -2.23. The van der Waals surface area contributed by atoms with E-state index in [1.54, 1.807) is 0 Å². The lowest BCUT2D eigenvalue weighted by Crippen LogP contribution is -2.34. The number of hydrazone groups is 1. The Morgan fingerprint density at radius 1 is 1.17 bits per heavy atom. The summed E-state index contributed by atoms with van der Waals surface area (Å²) < 4.78 is 2.10. The SMILES string of the molecule is CNC(=S)N1N=C(c2cccc(Br)c2)C[C@H]1c1cccc(Br)c1. The number of rotatable bonds is 2. The van der Waals surface area contributed by atoms with Gasteiger partial charge in [0.25, 0.3) is 0 Å². The van der Waals surface area contributed by atoms with Gasteiger partial charge in [0, 0.05) is 22.4 Å². The van der Waals surface area contributed by atoms with Crippen LogP contribution in [0.4, 0.5) is 0 Å². The molecule has 1 aliphatic rings. The standard InChI is InChI=1S/C17H15Br2N3S/c1-20-17(23)22-16(12-5-3-7-14(19)9-12)10-15(21-22)11-4-2-6-13(18)8-11/h2-9,16H,10H2,1H3,(H,20,23)/t16-/m0/s1. The second-order valence-corrected chi connectivity index (χ2v) is 7.45. The zero-order valence-electron chi connectivity index (χ0n) is 12.5. The quantitative estimate of drug-likeness (QED) is 0.659. The molecule has 0 fully saturated rings. The molecule has 0 saturated heterocycles. The van der Waals surface area contributed by atoms with Crippen LogP contribution in [0.1, 0.15) is 23.6 Å². The zero-order valence-corrected chi connectivity index (χ0v) is 16.5. The van der Waals surface area contributed by atoms with Gasteiger partial charge in [-0.2, -0.15) is 5.10 Å². The van der Waals surface area contributed by atoms with Gasteiger partial charge in [-0.25, -0.2) is 5.01 Å². The van der Waals surface area contributed by atoms with E-state index in [-0.39, 0.29) is 6.04 Å². The smallest absolute Gasteiger partial charge is 0.189 e. The first kappa shape index (κ1) is 16.6. The Morgan fingerprint density at radius 2 is 1.87 bits per heavy atom. The summed E-state index contributed by atoms with van der Waals surface area (Å²) in [4.78, 5) is 0. The molecule has 0 saturated carbocycles. The highest BCUT2D eigenvalue weighted by atomic mass is 79.9. The van der Waals surface area contributed by atoms with E-state index in [1.807, 2.05) is 36.3 Å². The fraction of sp³-hybridized carbons (Fsp3) is 0.176. The van der Waals surface area contributed by atoms with Crippen molar-refractivity contribution in [2.24, 2.45) is 5.10 Å². The van der Waals surface area contributed by atoms with Crippen molar-refractivity contribution in [3.63, 3.8) is 0 Å². The summed E-state index contributed by atoms with van der Waals surface area (Å²) in [5.41, 5.74) is 3.33. The Bertz CT molecular complexity index is 776. The normalized spacial score (nSPS) is 17.1. The zero-order chi connectivity index (χ0) is 16.4. The first-order valence-electron chi connectivity index (χ1n) is 7.18. The van der Waals surface area contributed by atoms with Crippen LogP contribution in [-0.4, -0.2) is 22.9 Å². The second-order valence-electron chi connectivity index (χ2n) is 5.23. The molecule has 2 aromatic rings. The third-order valence-corrected chi connectivity index (χ3v) is 5.10. The Balaban J connectivity index is 1.97. The maximum atomic E-state index is 5.44. The molecule has 0 amide bonds. The highest BCUT2D eigenvalue weighted by molar-refractivity contribution is 9.10. The molecular weight excluding hydrogens is 438 g/mol. The third-order valence-electron chi connectivity index (χ3n) is 3.72. The van der Waals surface area contributed by atoms with Gasteiger partial charge in [-0.15, -0.1) is 0 Å². The van der Waals surface area contributed by atoms with Crippen LogP contribution in [-0.2, 0) is 0 Å². The number of nitrogens with zero attached hydrogens (tertiary/aromatic N) is 2. The lowest BCUT2D eigenvalue weighted by molar-refractivity contribution is 0.366. The molecule has 0 unspecified atom stereocenters. The molecule has 1 atom stereocenters.